The van der Waals surface area contributed by atoms with Crippen LogP contribution in [0.1, 0.15) is 52.4 Å². The maximum Gasteiger partial charge on any atom is 0.188 e. The van der Waals surface area contributed by atoms with Crippen LogP contribution in [0.25, 0.3) is 0 Å². The molecule has 0 aromatic carbocycles. The molecule has 0 amide bonds. The van der Waals surface area contributed by atoms with Crippen LogP contribution in [-0.4, -0.2) is 43.6 Å². The van der Waals surface area contributed by atoms with E-state index in [4.69, 9.17) is 5.73 Å². The standard InChI is InChI=1S/C15H32N4.HI/c1-13(2)9-10-17-15(16)18-11-12-19(3)14-7-5-4-6-8-14;/h13-14H,4-12H2,1-3H3,(H3,16,17,18);1H. The number of hydrogen-bond acceptors (Lipinski definition) is 2. The van der Waals surface area contributed by atoms with Crippen molar-refractivity contribution in [2.45, 2.75) is 58.4 Å². The summed E-state index contributed by atoms with van der Waals surface area (Å²) in [5.74, 6) is 1.28. The molecule has 0 bridgehead atoms. The number of aliphatic imine (C=N–C) groups is 1. The highest BCUT2D eigenvalue weighted by Crippen LogP contribution is 2.21. The maximum atomic E-state index is 5.84. The molecular weight excluding hydrogens is 363 g/mol. The predicted molar refractivity (Wildman–Crippen MR) is 98.9 cm³/mol. The first-order valence-electron chi connectivity index (χ1n) is 7.83. The minimum atomic E-state index is 0. The predicted octanol–water partition coefficient (Wildman–Crippen LogP) is 2.82. The zero-order valence-corrected chi connectivity index (χ0v) is 15.7. The van der Waals surface area contributed by atoms with E-state index < -0.39 is 0 Å². The van der Waals surface area contributed by atoms with Crippen molar-refractivity contribution in [1.29, 1.82) is 0 Å². The largest absolute Gasteiger partial charge is 0.370 e. The molecule has 0 aromatic heterocycles. The Morgan fingerprint density at radius 1 is 1.30 bits per heavy atom. The summed E-state index contributed by atoms with van der Waals surface area (Å²) in [5, 5.41) is 3.21. The van der Waals surface area contributed by atoms with Crippen LogP contribution in [-0.2, 0) is 0 Å². The second-order valence-corrected chi connectivity index (χ2v) is 6.15. The molecule has 1 aliphatic rings. The number of guanidine groups is 1. The Labute approximate surface area is 142 Å². The molecule has 0 unspecified atom stereocenters. The number of rotatable bonds is 7. The third-order valence-corrected chi connectivity index (χ3v) is 3.96. The normalized spacial score (nSPS) is 17.4. The Bertz CT molecular complexity index is 263. The van der Waals surface area contributed by atoms with E-state index in [2.05, 4.69) is 36.1 Å². The molecule has 1 fully saturated rings. The van der Waals surface area contributed by atoms with Gasteiger partial charge in [-0.3, -0.25) is 4.99 Å². The van der Waals surface area contributed by atoms with Crippen molar-refractivity contribution in [1.82, 2.24) is 10.2 Å². The average molecular weight is 396 g/mol. The van der Waals surface area contributed by atoms with Crippen molar-refractivity contribution in [2.75, 3.05) is 26.7 Å². The fourth-order valence-electron chi connectivity index (χ4n) is 2.56. The van der Waals surface area contributed by atoms with E-state index in [0.29, 0.717) is 11.9 Å². The van der Waals surface area contributed by atoms with Gasteiger partial charge in [0, 0.05) is 25.7 Å². The number of likely N-dealkylation sites (N-methyl/N-ethyl adjacent to an activating group) is 1. The summed E-state index contributed by atoms with van der Waals surface area (Å²) in [7, 11) is 2.23. The summed E-state index contributed by atoms with van der Waals surface area (Å²) < 4.78 is 0. The molecule has 4 nitrogen and oxygen atoms in total. The summed E-state index contributed by atoms with van der Waals surface area (Å²) in [6.45, 7) is 7.18. The lowest BCUT2D eigenvalue weighted by atomic mass is 9.94. The number of nitrogens with zero attached hydrogens (tertiary/aromatic N) is 2. The minimum Gasteiger partial charge on any atom is -0.370 e. The van der Waals surface area contributed by atoms with Gasteiger partial charge in [-0.1, -0.05) is 33.1 Å². The van der Waals surface area contributed by atoms with Gasteiger partial charge in [0.05, 0.1) is 0 Å². The minimum absolute atomic E-state index is 0. The second kappa shape index (κ2) is 11.6. The number of nitrogens with two attached hydrogens (primary N) is 1. The fraction of sp³-hybridized carbons (Fsp3) is 0.933. The summed E-state index contributed by atoms with van der Waals surface area (Å²) in [6, 6.07) is 0.773. The number of hydrogen-bond donors (Lipinski definition) is 2. The fourth-order valence-corrected chi connectivity index (χ4v) is 2.56. The molecule has 0 heterocycles. The second-order valence-electron chi connectivity index (χ2n) is 6.15. The van der Waals surface area contributed by atoms with Gasteiger partial charge < -0.3 is 16.0 Å². The first-order valence-corrected chi connectivity index (χ1v) is 7.83. The van der Waals surface area contributed by atoms with Crippen LogP contribution in [0.15, 0.2) is 4.99 Å². The van der Waals surface area contributed by atoms with Gasteiger partial charge in [-0.05, 0) is 32.2 Å². The molecule has 1 rings (SSSR count). The Kier molecular flexibility index (Phi) is 11.6. The van der Waals surface area contributed by atoms with Gasteiger partial charge in [0.2, 0.25) is 0 Å². The number of halogens is 1. The topological polar surface area (TPSA) is 53.6 Å². The zero-order chi connectivity index (χ0) is 14.1. The van der Waals surface area contributed by atoms with Crippen molar-refractivity contribution in [2.24, 2.45) is 16.6 Å². The van der Waals surface area contributed by atoms with Crippen LogP contribution in [0.3, 0.4) is 0 Å². The van der Waals surface area contributed by atoms with Crippen molar-refractivity contribution in [3.8, 4) is 0 Å². The van der Waals surface area contributed by atoms with E-state index in [-0.39, 0.29) is 24.0 Å². The molecular formula is C15H33IN4. The summed E-state index contributed by atoms with van der Waals surface area (Å²) in [6.07, 6.45) is 8.01. The lowest BCUT2D eigenvalue weighted by Gasteiger charge is -2.31. The first kappa shape index (κ1) is 20.0. The lowest BCUT2D eigenvalue weighted by Crippen LogP contribution is -2.41. The van der Waals surface area contributed by atoms with Gasteiger partial charge in [0.25, 0.3) is 0 Å². The molecule has 0 radical (unpaired) electrons. The van der Waals surface area contributed by atoms with Crippen LogP contribution < -0.4 is 11.1 Å². The van der Waals surface area contributed by atoms with Gasteiger partial charge in [-0.25, -0.2) is 0 Å². The lowest BCUT2D eigenvalue weighted by molar-refractivity contribution is 0.194. The van der Waals surface area contributed by atoms with E-state index >= 15 is 0 Å². The Hall–Kier alpha value is -0.0400. The van der Waals surface area contributed by atoms with E-state index in [1.165, 1.54) is 32.1 Å². The Balaban J connectivity index is 0.00000361. The van der Waals surface area contributed by atoms with Gasteiger partial charge in [-0.2, -0.15) is 0 Å². The molecule has 0 atom stereocenters. The van der Waals surface area contributed by atoms with Crippen molar-refractivity contribution >= 4 is 29.9 Å². The quantitative estimate of drug-likeness (QED) is 0.395. The zero-order valence-electron chi connectivity index (χ0n) is 13.4. The molecule has 120 valence electrons. The van der Waals surface area contributed by atoms with Crippen LogP contribution in [0, 0.1) is 5.92 Å². The third kappa shape index (κ3) is 9.00. The molecule has 3 N–H and O–H groups in total. The molecule has 0 spiro atoms. The molecule has 5 heteroatoms. The molecule has 0 aromatic rings. The van der Waals surface area contributed by atoms with Crippen molar-refractivity contribution < 1.29 is 0 Å². The average Bonchev–Trinajstić information content (AvgIpc) is 2.39. The van der Waals surface area contributed by atoms with E-state index in [9.17, 15) is 0 Å². The highest BCUT2D eigenvalue weighted by atomic mass is 127. The smallest absolute Gasteiger partial charge is 0.188 e. The van der Waals surface area contributed by atoms with Crippen LogP contribution >= 0.6 is 24.0 Å². The van der Waals surface area contributed by atoms with Gasteiger partial charge in [0.15, 0.2) is 5.96 Å². The van der Waals surface area contributed by atoms with Crippen LogP contribution in [0.4, 0.5) is 0 Å². The molecule has 1 aliphatic carbocycles. The van der Waals surface area contributed by atoms with Crippen molar-refractivity contribution in [3.63, 3.8) is 0 Å². The molecule has 1 saturated carbocycles. The molecule has 0 aliphatic heterocycles. The first-order chi connectivity index (χ1) is 9.09. The van der Waals surface area contributed by atoms with E-state index in [0.717, 1.165) is 32.1 Å². The maximum absolute atomic E-state index is 5.84. The van der Waals surface area contributed by atoms with Crippen LogP contribution in [0.2, 0.25) is 0 Å². The number of nitrogens with one attached hydrogen (secondary N) is 1. The Morgan fingerprint density at radius 3 is 2.55 bits per heavy atom. The summed E-state index contributed by atoms with van der Waals surface area (Å²) >= 11 is 0. The monoisotopic (exact) mass is 396 g/mol. The van der Waals surface area contributed by atoms with Gasteiger partial charge in [0.1, 0.15) is 0 Å². The third-order valence-electron chi connectivity index (χ3n) is 3.96. The highest BCUT2D eigenvalue weighted by Gasteiger charge is 2.17. The van der Waals surface area contributed by atoms with E-state index in [1.807, 2.05) is 0 Å². The van der Waals surface area contributed by atoms with E-state index in [1.54, 1.807) is 0 Å². The van der Waals surface area contributed by atoms with Crippen molar-refractivity contribution in [3.05, 3.63) is 0 Å². The highest BCUT2D eigenvalue weighted by molar-refractivity contribution is 14.0. The molecule has 0 saturated heterocycles. The summed E-state index contributed by atoms with van der Waals surface area (Å²) in [5.41, 5.74) is 5.84. The Morgan fingerprint density at radius 2 is 1.95 bits per heavy atom. The molecule has 20 heavy (non-hydrogen) atoms. The summed E-state index contributed by atoms with van der Waals surface area (Å²) in [4.78, 5) is 6.80. The van der Waals surface area contributed by atoms with Gasteiger partial charge >= 0.3 is 0 Å². The van der Waals surface area contributed by atoms with Crippen LogP contribution in [0.5, 0.6) is 0 Å². The van der Waals surface area contributed by atoms with Gasteiger partial charge in [-0.15, -0.1) is 24.0 Å². The SMILES string of the molecule is CC(C)CCN=C(N)NCCN(C)C1CCCCC1.I.